The summed E-state index contributed by atoms with van der Waals surface area (Å²) >= 11 is 0. The van der Waals surface area contributed by atoms with Gasteiger partial charge in [0.1, 0.15) is 36.8 Å². The van der Waals surface area contributed by atoms with Gasteiger partial charge in [-0.15, -0.1) is 0 Å². The van der Waals surface area contributed by atoms with Gasteiger partial charge >= 0.3 is 23.9 Å². The molecule has 1 aliphatic carbocycles. The van der Waals surface area contributed by atoms with E-state index in [1.54, 1.807) is 12.1 Å². The van der Waals surface area contributed by atoms with Crippen molar-refractivity contribution in [2.24, 2.45) is 11.8 Å². The molecule has 52 heavy (non-hydrogen) atoms. The zero-order valence-corrected chi connectivity index (χ0v) is 33.8. The standard InChI is InChI=1S/C40H52N2O8.2BrH/c1-25(43)47-33-9-5-7-27(17-33)23-41(3)29-11-12-30(41)20-35(19-29)49-39(45)37-15-16-38(37)40(46)50-36-21-31-13-14-32(22-36)42(31,4)24-28-8-6-10-34(18-28)48-26(2)44;;/h5-10,17-18,29-32,35-38H,11-16,19-24H2,1-4H3;2*1H/q+2;;/p-2. The summed E-state index contributed by atoms with van der Waals surface area (Å²) in [6.45, 7) is 4.50. The molecule has 0 spiro atoms. The summed E-state index contributed by atoms with van der Waals surface area (Å²) < 4.78 is 24.8. The zero-order valence-electron chi connectivity index (χ0n) is 30.6. The molecule has 0 radical (unpaired) electrons. The van der Waals surface area contributed by atoms with Gasteiger partial charge in [-0.25, -0.2) is 0 Å². The van der Waals surface area contributed by atoms with Crippen LogP contribution in [0.3, 0.4) is 0 Å². The van der Waals surface area contributed by atoms with E-state index < -0.39 is 11.8 Å². The number of halogens is 2. The van der Waals surface area contributed by atoms with Gasteiger partial charge in [0.25, 0.3) is 0 Å². The predicted molar refractivity (Wildman–Crippen MR) is 183 cm³/mol. The lowest BCUT2D eigenvalue weighted by Gasteiger charge is -2.47. The SMILES string of the molecule is CC(=O)Oc1cccc(C[N+]2(C)C3CCC2CC(OC(=O)C2CCC2C(=O)OC2CC4CCC(C2)[N+]4(C)Cc2cccc(OC(C)=O)c2)C3)c1.[Br-].[Br-]. The predicted octanol–water partition coefficient (Wildman–Crippen LogP) is -0.362. The van der Waals surface area contributed by atoms with E-state index in [0.717, 1.165) is 84.5 Å². The van der Waals surface area contributed by atoms with Crippen molar-refractivity contribution in [1.29, 1.82) is 0 Å². The first kappa shape index (κ1) is 40.4. The number of piperidine rings is 2. The third kappa shape index (κ3) is 8.30. The van der Waals surface area contributed by atoms with E-state index in [-0.39, 0.29) is 70.0 Å². The molecule has 4 saturated heterocycles. The molecule has 5 fully saturated rings. The molecule has 6 unspecified atom stereocenters. The Bertz CT molecular complexity index is 1510. The van der Waals surface area contributed by atoms with E-state index in [4.69, 9.17) is 18.9 Å². The molecule has 5 aliphatic rings. The molecule has 4 bridgehead atoms. The van der Waals surface area contributed by atoms with Crippen molar-refractivity contribution in [1.82, 2.24) is 0 Å². The quantitative estimate of drug-likeness (QED) is 0.182. The number of ether oxygens (including phenoxy) is 4. The van der Waals surface area contributed by atoms with Gasteiger partial charge in [-0.3, -0.25) is 19.2 Å². The van der Waals surface area contributed by atoms with Crippen LogP contribution in [0.4, 0.5) is 0 Å². The molecular formula is C40H52Br2N2O8. The summed E-state index contributed by atoms with van der Waals surface area (Å²) in [4.78, 5) is 49.8. The van der Waals surface area contributed by atoms with Crippen LogP contribution in [-0.4, -0.2) is 83.3 Å². The number of hydrogen-bond acceptors (Lipinski definition) is 8. The first-order chi connectivity index (χ1) is 23.9. The number of carbonyl (C=O) groups excluding carboxylic acids is 4. The number of esters is 4. The molecule has 10 nitrogen and oxygen atoms in total. The van der Waals surface area contributed by atoms with Crippen molar-refractivity contribution in [2.75, 3.05) is 14.1 Å². The average Bonchev–Trinajstić information content (AvgIpc) is 3.25. The number of benzene rings is 2. The van der Waals surface area contributed by atoms with Gasteiger partial charge in [-0.05, 0) is 37.1 Å². The van der Waals surface area contributed by atoms with Crippen LogP contribution in [0, 0.1) is 11.8 Å². The number of nitrogens with zero attached hydrogens (tertiary/aromatic N) is 2. The molecular weight excluding hydrogens is 796 g/mol. The fraction of sp³-hybridized carbons (Fsp3) is 0.600. The zero-order chi connectivity index (χ0) is 35.2. The minimum absolute atomic E-state index is 0. The van der Waals surface area contributed by atoms with Crippen LogP contribution in [0.25, 0.3) is 0 Å². The summed E-state index contributed by atoms with van der Waals surface area (Å²) in [6, 6.07) is 17.1. The van der Waals surface area contributed by atoms with Gasteiger partial charge < -0.3 is 61.9 Å². The Kier molecular flexibility index (Phi) is 12.6. The van der Waals surface area contributed by atoms with Gasteiger partial charge in [0.2, 0.25) is 0 Å². The van der Waals surface area contributed by atoms with Crippen LogP contribution in [-0.2, 0) is 41.7 Å². The maximum Gasteiger partial charge on any atom is 0.310 e. The highest BCUT2D eigenvalue weighted by Crippen LogP contribution is 2.46. The molecule has 0 amide bonds. The maximum absolute atomic E-state index is 13.5. The smallest absolute Gasteiger partial charge is 0.310 e. The third-order valence-electron chi connectivity index (χ3n) is 13.0. The Morgan fingerprint density at radius 1 is 0.577 bits per heavy atom. The molecule has 2 aromatic rings. The summed E-state index contributed by atoms with van der Waals surface area (Å²) in [5.41, 5.74) is 2.27. The molecule has 0 aromatic heterocycles. The molecule has 284 valence electrons. The number of hydrogen-bond donors (Lipinski definition) is 0. The molecule has 4 aliphatic heterocycles. The highest BCUT2D eigenvalue weighted by Gasteiger charge is 2.55. The second kappa shape index (κ2) is 16.3. The molecule has 0 N–H and O–H groups in total. The molecule has 4 heterocycles. The maximum atomic E-state index is 13.5. The number of fused-ring (bicyclic) bond motifs is 4. The Morgan fingerprint density at radius 3 is 1.23 bits per heavy atom. The van der Waals surface area contributed by atoms with Crippen LogP contribution in [0.1, 0.15) is 89.2 Å². The van der Waals surface area contributed by atoms with E-state index in [9.17, 15) is 19.2 Å². The van der Waals surface area contributed by atoms with Gasteiger partial charge in [0.15, 0.2) is 0 Å². The Hall–Kier alpha value is -2.80. The lowest BCUT2D eigenvalue weighted by atomic mass is 9.73. The second-order valence-electron chi connectivity index (χ2n) is 16.1. The average molecular weight is 849 g/mol. The first-order valence-electron chi connectivity index (χ1n) is 18.5. The molecule has 1 saturated carbocycles. The third-order valence-corrected chi connectivity index (χ3v) is 13.0. The van der Waals surface area contributed by atoms with Crippen LogP contribution in [0.2, 0.25) is 0 Å². The van der Waals surface area contributed by atoms with E-state index in [0.29, 0.717) is 48.5 Å². The number of rotatable bonds is 10. The first-order valence-corrected chi connectivity index (χ1v) is 18.5. The molecule has 12 heteroatoms. The monoisotopic (exact) mass is 846 g/mol. The van der Waals surface area contributed by atoms with Crippen molar-refractivity contribution >= 4 is 23.9 Å². The number of quaternary nitrogens is 2. The minimum atomic E-state index is -0.419. The minimum Gasteiger partial charge on any atom is -1.00 e. The summed E-state index contributed by atoms with van der Waals surface area (Å²) in [5.74, 6) is -0.827. The lowest BCUT2D eigenvalue weighted by Crippen LogP contribution is -3.00. The Morgan fingerprint density at radius 2 is 0.923 bits per heavy atom. The number of carbonyl (C=O) groups is 4. The van der Waals surface area contributed by atoms with Crippen molar-refractivity contribution < 1.29 is 81.1 Å². The summed E-state index contributed by atoms with van der Waals surface area (Å²) in [6.07, 6.45) is 8.74. The topological polar surface area (TPSA) is 105 Å². The van der Waals surface area contributed by atoms with Gasteiger partial charge in [0, 0.05) is 76.3 Å². The Balaban J connectivity index is 0.00000261. The second-order valence-corrected chi connectivity index (χ2v) is 16.1. The highest BCUT2D eigenvalue weighted by molar-refractivity contribution is 5.84. The molecule has 2 aromatic carbocycles. The van der Waals surface area contributed by atoms with E-state index in [2.05, 4.69) is 26.2 Å². The lowest BCUT2D eigenvalue weighted by molar-refractivity contribution is -0.961. The van der Waals surface area contributed by atoms with Crippen LogP contribution >= 0.6 is 0 Å². The summed E-state index contributed by atoms with van der Waals surface area (Å²) in [5, 5.41) is 0. The largest absolute Gasteiger partial charge is 1.00 e. The Labute approximate surface area is 328 Å². The molecule has 7 rings (SSSR count). The molecule has 6 atom stereocenters. The normalized spacial score (nSPS) is 34.1. The van der Waals surface area contributed by atoms with Gasteiger partial charge in [-0.2, -0.15) is 0 Å². The fourth-order valence-corrected chi connectivity index (χ4v) is 10.2. The van der Waals surface area contributed by atoms with Crippen molar-refractivity contribution in [3.63, 3.8) is 0 Å². The summed E-state index contributed by atoms with van der Waals surface area (Å²) in [7, 11) is 4.61. The van der Waals surface area contributed by atoms with Crippen molar-refractivity contribution in [3.05, 3.63) is 59.7 Å². The highest BCUT2D eigenvalue weighted by atomic mass is 79.9. The van der Waals surface area contributed by atoms with E-state index in [1.807, 2.05) is 24.3 Å². The van der Waals surface area contributed by atoms with Crippen LogP contribution < -0.4 is 43.4 Å². The van der Waals surface area contributed by atoms with Crippen LogP contribution in [0.5, 0.6) is 11.5 Å². The van der Waals surface area contributed by atoms with Gasteiger partial charge in [-0.1, -0.05) is 24.3 Å². The van der Waals surface area contributed by atoms with Crippen molar-refractivity contribution in [3.8, 4) is 11.5 Å². The van der Waals surface area contributed by atoms with Crippen molar-refractivity contribution in [2.45, 2.75) is 128 Å². The van der Waals surface area contributed by atoms with Crippen LogP contribution in [0.15, 0.2) is 48.5 Å². The fourth-order valence-electron chi connectivity index (χ4n) is 10.2. The van der Waals surface area contributed by atoms with Gasteiger partial charge in [0.05, 0.1) is 50.1 Å². The van der Waals surface area contributed by atoms with E-state index in [1.165, 1.54) is 13.8 Å². The van der Waals surface area contributed by atoms with E-state index >= 15 is 0 Å².